The molecule has 0 aliphatic carbocycles. The van der Waals surface area contributed by atoms with E-state index in [0.29, 0.717) is 12.0 Å². The summed E-state index contributed by atoms with van der Waals surface area (Å²) in [4.78, 5) is 4.57. The first-order chi connectivity index (χ1) is 8.00. The second-order valence-electron chi connectivity index (χ2n) is 4.92. The van der Waals surface area contributed by atoms with Crippen LogP contribution < -0.4 is 5.32 Å². The third-order valence-electron chi connectivity index (χ3n) is 3.14. The zero-order valence-corrected chi connectivity index (χ0v) is 12.9. The summed E-state index contributed by atoms with van der Waals surface area (Å²) < 4.78 is 11.2. The number of hydrogen-bond donors (Lipinski definition) is 1. The van der Waals surface area contributed by atoms with Crippen LogP contribution in [0, 0.1) is 5.92 Å². The lowest BCUT2D eigenvalue weighted by atomic mass is 10.0. The highest BCUT2D eigenvalue weighted by Crippen LogP contribution is 2.18. The van der Waals surface area contributed by atoms with E-state index in [1.165, 1.54) is 6.42 Å². The highest BCUT2D eigenvalue weighted by atomic mass is 32.2. The monoisotopic (exact) mass is 276 g/mol. The highest BCUT2D eigenvalue weighted by Gasteiger charge is 2.19. The number of thioether (sulfide) groups is 1. The molecule has 5 heteroatoms. The average molecular weight is 276 g/mol. The van der Waals surface area contributed by atoms with E-state index in [4.69, 9.17) is 0 Å². The van der Waals surface area contributed by atoms with Crippen LogP contribution in [0.3, 0.4) is 0 Å². The summed E-state index contributed by atoms with van der Waals surface area (Å²) in [5.74, 6) is 1.81. The van der Waals surface area contributed by atoms with Gasteiger partial charge in [0.25, 0.3) is 0 Å². The van der Waals surface area contributed by atoms with Crippen LogP contribution in [-0.4, -0.2) is 39.2 Å². The van der Waals surface area contributed by atoms with Gasteiger partial charge in [-0.25, -0.2) is 0 Å². The van der Waals surface area contributed by atoms with Gasteiger partial charge in [0.1, 0.15) is 0 Å². The minimum Gasteiger partial charge on any atom is -0.362 e. The molecule has 1 aliphatic rings. The molecule has 0 aromatic rings. The Balaban J connectivity index is 2.36. The van der Waals surface area contributed by atoms with Crippen molar-refractivity contribution in [3.8, 4) is 0 Å². The molecule has 3 nitrogen and oxygen atoms in total. The smallest absolute Gasteiger partial charge is 0.156 e. The molecule has 17 heavy (non-hydrogen) atoms. The van der Waals surface area contributed by atoms with Crippen molar-refractivity contribution in [2.75, 3.05) is 18.6 Å². The summed E-state index contributed by atoms with van der Waals surface area (Å²) in [5.41, 5.74) is 0. The second-order valence-corrected chi connectivity index (χ2v) is 7.80. The molecule has 1 fully saturated rings. The minimum atomic E-state index is -0.728. The maximum Gasteiger partial charge on any atom is 0.156 e. The summed E-state index contributed by atoms with van der Waals surface area (Å²) in [7, 11) is -0.728. The minimum absolute atomic E-state index is 0.244. The summed E-state index contributed by atoms with van der Waals surface area (Å²) in [6.07, 6.45) is 3.89. The molecule has 0 bridgehead atoms. The lowest BCUT2D eigenvalue weighted by Gasteiger charge is -2.28. The average Bonchev–Trinajstić information content (AvgIpc) is 2.29. The molecule has 0 aromatic carbocycles. The Morgan fingerprint density at radius 1 is 1.53 bits per heavy atom. The summed E-state index contributed by atoms with van der Waals surface area (Å²) >= 11 is 1.81. The van der Waals surface area contributed by atoms with Gasteiger partial charge in [-0.2, -0.15) is 0 Å². The predicted molar refractivity (Wildman–Crippen MR) is 79.3 cm³/mol. The van der Waals surface area contributed by atoms with Crippen molar-refractivity contribution < 1.29 is 4.21 Å². The number of amidine groups is 1. The Kier molecular flexibility index (Phi) is 6.55. The van der Waals surface area contributed by atoms with Crippen molar-refractivity contribution >= 4 is 27.7 Å². The van der Waals surface area contributed by atoms with Crippen LogP contribution in [0.15, 0.2) is 4.99 Å². The number of aliphatic imine (C=N–C) groups is 1. The number of hydrogen-bond acceptors (Lipinski definition) is 3. The van der Waals surface area contributed by atoms with Gasteiger partial charge >= 0.3 is 0 Å². The van der Waals surface area contributed by atoms with E-state index in [-0.39, 0.29) is 5.25 Å². The maximum absolute atomic E-state index is 11.2. The van der Waals surface area contributed by atoms with E-state index in [1.807, 2.05) is 18.7 Å². The molecule has 0 amide bonds. The zero-order valence-electron chi connectivity index (χ0n) is 11.2. The van der Waals surface area contributed by atoms with Crippen LogP contribution in [0.1, 0.15) is 33.6 Å². The van der Waals surface area contributed by atoms with Crippen LogP contribution in [0.2, 0.25) is 0 Å². The van der Waals surface area contributed by atoms with Gasteiger partial charge in [-0.1, -0.05) is 32.5 Å². The molecule has 3 unspecified atom stereocenters. The number of nitrogens with one attached hydrogen (secondary N) is 1. The lowest BCUT2D eigenvalue weighted by molar-refractivity contribution is 0.442. The first-order valence-corrected chi connectivity index (χ1v) is 8.87. The summed E-state index contributed by atoms with van der Waals surface area (Å²) in [6.45, 7) is 7.29. The molecule has 0 saturated carbocycles. The fraction of sp³-hybridized carbons (Fsp3) is 0.917. The Hall–Kier alpha value is -0.0300. The van der Waals surface area contributed by atoms with Crippen LogP contribution in [0.25, 0.3) is 0 Å². The van der Waals surface area contributed by atoms with Gasteiger partial charge < -0.3 is 5.32 Å². The Morgan fingerprint density at radius 3 is 2.82 bits per heavy atom. The molecule has 0 aromatic heterocycles. The van der Waals surface area contributed by atoms with Crippen molar-refractivity contribution in [2.24, 2.45) is 10.9 Å². The zero-order chi connectivity index (χ0) is 12.8. The third kappa shape index (κ3) is 5.42. The van der Waals surface area contributed by atoms with Crippen molar-refractivity contribution in [3.63, 3.8) is 0 Å². The van der Waals surface area contributed by atoms with Crippen LogP contribution in [0.4, 0.5) is 0 Å². The van der Waals surface area contributed by atoms with Gasteiger partial charge in [0.15, 0.2) is 5.17 Å². The Labute approximate surface area is 112 Å². The van der Waals surface area contributed by atoms with Gasteiger partial charge in [0.05, 0.1) is 0 Å². The van der Waals surface area contributed by atoms with Crippen molar-refractivity contribution in [1.29, 1.82) is 0 Å². The second kappa shape index (κ2) is 7.41. The molecule has 3 atom stereocenters. The van der Waals surface area contributed by atoms with E-state index in [9.17, 15) is 4.21 Å². The molecule has 1 N–H and O–H groups in total. The molecular weight excluding hydrogens is 252 g/mol. The van der Waals surface area contributed by atoms with E-state index in [2.05, 4.69) is 24.2 Å². The van der Waals surface area contributed by atoms with Gasteiger partial charge in [0.2, 0.25) is 0 Å². The van der Waals surface area contributed by atoms with E-state index in [0.717, 1.165) is 23.9 Å². The van der Waals surface area contributed by atoms with Crippen LogP contribution in [0.5, 0.6) is 0 Å². The van der Waals surface area contributed by atoms with Gasteiger partial charge in [-0.15, -0.1) is 0 Å². The summed E-state index contributed by atoms with van der Waals surface area (Å²) in [6, 6.07) is 0.563. The molecule has 1 heterocycles. The summed E-state index contributed by atoms with van der Waals surface area (Å²) in [5, 5.41) is 4.81. The lowest BCUT2D eigenvalue weighted by Crippen LogP contribution is -2.41. The SMILES string of the molecule is CC(C)C1CCSC(=NCCC(C)S(C)=O)N1. The van der Waals surface area contributed by atoms with Gasteiger partial charge in [-0.05, 0) is 18.8 Å². The van der Waals surface area contributed by atoms with E-state index >= 15 is 0 Å². The highest BCUT2D eigenvalue weighted by molar-refractivity contribution is 8.13. The largest absolute Gasteiger partial charge is 0.362 e. The van der Waals surface area contributed by atoms with Gasteiger partial charge in [-0.3, -0.25) is 9.20 Å². The normalized spacial score (nSPS) is 26.9. The standard InChI is InChI=1S/C12H24N2OS2/c1-9(2)11-6-8-16-12(14-11)13-7-5-10(3)17(4)15/h9-11H,5-8H2,1-4H3,(H,13,14). The number of nitrogens with zero attached hydrogens (tertiary/aromatic N) is 1. The van der Waals surface area contributed by atoms with Crippen molar-refractivity contribution in [3.05, 3.63) is 0 Å². The topological polar surface area (TPSA) is 41.5 Å². The first kappa shape index (κ1) is 15.0. The molecule has 1 aliphatic heterocycles. The molecule has 100 valence electrons. The Bertz CT molecular complexity index is 292. The quantitative estimate of drug-likeness (QED) is 0.837. The van der Waals surface area contributed by atoms with Crippen LogP contribution in [-0.2, 0) is 10.8 Å². The maximum atomic E-state index is 11.2. The third-order valence-corrected chi connectivity index (χ3v) is 5.47. The fourth-order valence-electron chi connectivity index (χ4n) is 1.66. The molecule has 0 spiro atoms. The molecule has 0 radical (unpaired) electrons. The van der Waals surface area contributed by atoms with Crippen LogP contribution >= 0.6 is 11.8 Å². The van der Waals surface area contributed by atoms with Crippen molar-refractivity contribution in [1.82, 2.24) is 5.32 Å². The Morgan fingerprint density at radius 2 is 2.24 bits per heavy atom. The molecular formula is C12H24N2OS2. The van der Waals surface area contributed by atoms with E-state index in [1.54, 1.807) is 6.26 Å². The first-order valence-electron chi connectivity index (χ1n) is 6.26. The predicted octanol–water partition coefficient (Wildman–Crippen LogP) is 2.25. The van der Waals surface area contributed by atoms with Crippen molar-refractivity contribution in [2.45, 2.75) is 44.9 Å². The molecule has 1 rings (SSSR count). The van der Waals surface area contributed by atoms with Gasteiger partial charge in [0, 0.05) is 40.6 Å². The van der Waals surface area contributed by atoms with E-state index < -0.39 is 10.8 Å². The fourth-order valence-corrected chi connectivity index (χ4v) is 3.08. The molecule has 1 saturated heterocycles. The number of rotatable bonds is 5.